The van der Waals surface area contributed by atoms with Gasteiger partial charge in [-0.25, -0.2) is 4.79 Å². The maximum Gasteiger partial charge on any atom is 0.336 e. The van der Waals surface area contributed by atoms with Crippen molar-refractivity contribution >= 4 is 18.0 Å². The standard InChI is InChI=1S/C26H30O5/c1-24-11-9-21-18(7-6-16-14-17(28)8-12-25(16,21)15-27)20(24)10-13-26(24,31)22-5-3-2-4-19(22)23(29)30/h2-5,14-15,18,20-21,31H,6-13H2,1H3,(H,29,30)/t18-,20-,21-,24-,25+,26+/m0/s1. The van der Waals surface area contributed by atoms with Crippen molar-refractivity contribution in [1.29, 1.82) is 0 Å². The van der Waals surface area contributed by atoms with Gasteiger partial charge in [-0.1, -0.05) is 30.7 Å². The molecule has 0 unspecified atom stereocenters. The van der Waals surface area contributed by atoms with E-state index >= 15 is 0 Å². The molecule has 1 aromatic carbocycles. The number of hydrogen-bond acceptors (Lipinski definition) is 4. The molecule has 5 heteroatoms. The first-order valence-electron chi connectivity index (χ1n) is 11.5. The summed E-state index contributed by atoms with van der Waals surface area (Å²) in [7, 11) is 0. The lowest BCUT2D eigenvalue weighted by Crippen LogP contribution is -2.55. The van der Waals surface area contributed by atoms with Crippen molar-refractivity contribution in [2.75, 3.05) is 0 Å². The minimum atomic E-state index is -1.19. The summed E-state index contributed by atoms with van der Waals surface area (Å²) in [6.07, 6.45) is 8.52. The summed E-state index contributed by atoms with van der Waals surface area (Å²) in [6.45, 7) is 2.13. The number of allylic oxidation sites excluding steroid dienone is 1. The third-order valence-electron chi connectivity index (χ3n) is 9.53. The number of rotatable bonds is 3. The molecule has 0 aliphatic heterocycles. The van der Waals surface area contributed by atoms with Gasteiger partial charge in [0.1, 0.15) is 6.29 Å². The van der Waals surface area contributed by atoms with Gasteiger partial charge in [0.2, 0.25) is 0 Å². The number of carbonyl (C=O) groups excluding carboxylic acids is 2. The molecule has 0 radical (unpaired) electrons. The lowest BCUT2D eigenvalue weighted by atomic mass is 9.46. The Morgan fingerprint density at radius 3 is 2.55 bits per heavy atom. The van der Waals surface area contributed by atoms with E-state index < -0.39 is 22.4 Å². The molecule has 0 bridgehead atoms. The second-order valence-corrected chi connectivity index (χ2v) is 10.4. The lowest BCUT2D eigenvalue weighted by Gasteiger charge is -2.58. The second kappa shape index (κ2) is 6.86. The smallest absolute Gasteiger partial charge is 0.336 e. The molecule has 0 amide bonds. The molecular weight excluding hydrogens is 392 g/mol. The molecule has 2 N–H and O–H groups in total. The van der Waals surface area contributed by atoms with E-state index in [1.54, 1.807) is 30.3 Å². The molecule has 5 rings (SSSR count). The number of benzene rings is 1. The molecule has 4 aliphatic carbocycles. The van der Waals surface area contributed by atoms with E-state index in [4.69, 9.17) is 0 Å². The number of fused-ring (bicyclic) bond motifs is 5. The van der Waals surface area contributed by atoms with Crippen molar-refractivity contribution in [1.82, 2.24) is 0 Å². The highest BCUT2D eigenvalue weighted by molar-refractivity contribution is 5.93. The average Bonchev–Trinajstić information content (AvgIpc) is 3.05. The van der Waals surface area contributed by atoms with Crippen molar-refractivity contribution in [3.05, 3.63) is 47.0 Å². The van der Waals surface area contributed by atoms with Crippen LogP contribution in [0.5, 0.6) is 0 Å². The van der Waals surface area contributed by atoms with E-state index in [9.17, 15) is 24.6 Å². The average molecular weight is 423 g/mol. The van der Waals surface area contributed by atoms with Crippen LogP contribution in [0.1, 0.15) is 74.2 Å². The number of aromatic carboxylic acids is 1. The highest BCUT2D eigenvalue weighted by atomic mass is 16.4. The van der Waals surface area contributed by atoms with Gasteiger partial charge < -0.3 is 15.0 Å². The zero-order chi connectivity index (χ0) is 22.0. The van der Waals surface area contributed by atoms with Crippen molar-refractivity contribution in [3.8, 4) is 0 Å². The van der Waals surface area contributed by atoms with Crippen molar-refractivity contribution in [3.63, 3.8) is 0 Å². The van der Waals surface area contributed by atoms with Gasteiger partial charge in [0.15, 0.2) is 5.78 Å². The summed E-state index contributed by atoms with van der Waals surface area (Å²) in [4.78, 5) is 36.4. The van der Waals surface area contributed by atoms with Gasteiger partial charge in [-0.05, 0) is 80.4 Å². The van der Waals surface area contributed by atoms with Crippen LogP contribution in [0.4, 0.5) is 0 Å². The quantitative estimate of drug-likeness (QED) is 0.709. The third kappa shape index (κ3) is 2.62. The van der Waals surface area contributed by atoms with Crippen molar-refractivity contribution in [2.45, 2.75) is 63.9 Å². The molecule has 5 nitrogen and oxygen atoms in total. The molecule has 0 heterocycles. The van der Waals surface area contributed by atoms with Crippen LogP contribution in [0.25, 0.3) is 0 Å². The largest absolute Gasteiger partial charge is 0.478 e. The van der Waals surface area contributed by atoms with E-state index in [0.717, 1.165) is 44.0 Å². The molecule has 4 aliphatic rings. The van der Waals surface area contributed by atoms with Gasteiger partial charge in [-0.3, -0.25) is 4.79 Å². The topological polar surface area (TPSA) is 91.7 Å². The summed E-state index contributed by atoms with van der Waals surface area (Å²) in [5.41, 5.74) is -0.431. The van der Waals surface area contributed by atoms with Crippen molar-refractivity contribution < 1.29 is 24.6 Å². The number of ketones is 1. The van der Waals surface area contributed by atoms with Gasteiger partial charge in [0.25, 0.3) is 0 Å². The minimum absolute atomic E-state index is 0.132. The van der Waals surface area contributed by atoms with Gasteiger partial charge >= 0.3 is 5.97 Å². The number of carboxylic acid groups (broad SMARTS) is 1. The van der Waals surface area contributed by atoms with Crippen LogP contribution >= 0.6 is 0 Å². The number of carbonyl (C=O) groups is 3. The lowest BCUT2D eigenvalue weighted by molar-refractivity contribution is -0.143. The predicted octanol–water partition coefficient (Wildman–Crippen LogP) is 4.28. The van der Waals surface area contributed by atoms with E-state index in [1.807, 2.05) is 0 Å². The number of aliphatic hydroxyl groups is 1. The van der Waals surface area contributed by atoms with Crippen LogP contribution in [0.15, 0.2) is 35.9 Å². The van der Waals surface area contributed by atoms with Gasteiger partial charge in [0, 0.05) is 11.8 Å². The molecule has 164 valence electrons. The van der Waals surface area contributed by atoms with E-state index in [-0.39, 0.29) is 23.2 Å². The number of aldehydes is 1. The van der Waals surface area contributed by atoms with E-state index in [1.165, 1.54) is 0 Å². The Balaban J connectivity index is 1.55. The highest BCUT2D eigenvalue weighted by Gasteiger charge is 2.65. The van der Waals surface area contributed by atoms with Crippen LogP contribution < -0.4 is 0 Å². The Labute approximate surface area is 182 Å². The molecule has 3 fully saturated rings. The van der Waals surface area contributed by atoms with Crippen LogP contribution in [-0.2, 0) is 15.2 Å². The third-order valence-corrected chi connectivity index (χ3v) is 9.53. The SMILES string of the molecule is C[C@]12CC[C@H]3[C@@H](CCC4=CC(=O)CC[C@@]43C=O)[C@@H]1CC[C@@]2(O)c1ccccc1C(=O)O. The Morgan fingerprint density at radius 2 is 1.81 bits per heavy atom. The Hall–Kier alpha value is -2.27. The fraction of sp³-hybridized carbons (Fsp3) is 0.577. The first kappa shape index (κ1) is 20.6. The predicted molar refractivity (Wildman–Crippen MR) is 114 cm³/mol. The zero-order valence-electron chi connectivity index (χ0n) is 18.0. The first-order valence-corrected chi connectivity index (χ1v) is 11.5. The Morgan fingerprint density at radius 1 is 1.06 bits per heavy atom. The fourth-order valence-corrected chi connectivity index (χ4v) is 7.98. The fourth-order valence-electron chi connectivity index (χ4n) is 7.98. The molecule has 1 aromatic rings. The van der Waals surface area contributed by atoms with Crippen LogP contribution in [-0.4, -0.2) is 28.3 Å². The van der Waals surface area contributed by atoms with Gasteiger partial charge in [-0.2, -0.15) is 0 Å². The Kier molecular flexibility index (Phi) is 4.57. The molecule has 31 heavy (non-hydrogen) atoms. The summed E-state index contributed by atoms with van der Waals surface area (Å²) in [5, 5.41) is 21.8. The van der Waals surface area contributed by atoms with Crippen LogP contribution in [0, 0.1) is 28.6 Å². The van der Waals surface area contributed by atoms with E-state index in [0.29, 0.717) is 30.7 Å². The summed E-state index contributed by atoms with van der Waals surface area (Å²) in [5.74, 6) is -0.140. The maximum atomic E-state index is 12.5. The van der Waals surface area contributed by atoms with Crippen LogP contribution in [0.2, 0.25) is 0 Å². The number of hydrogen-bond donors (Lipinski definition) is 2. The minimum Gasteiger partial charge on any atom is -0.478 e. The molecule has 0 spiro atoms. The Bertz CT molecular complexity index is 995. The molecule has 0 saturated heterocycles. The van der Waals surface area contributed by atoms with Gasteiger partial charge in [0.05, 0.1) is 16.6 Å². The monoisotopic (exact) mass is 422 g/mol. The second-order valence-electron chi connectivity index (χ2n) is 10.4. The van der Waals surface area contributed by atoms with Crippen LogP contribution in [0.3, 0.4) is 0 Å². The molecule has 0 aromatic heterocycles. The highest BCUT2D eigenvalue weighted by Crippen LogP contribution is 2.69. The number of carboxylic acids is 1. The van der Waals surface area contributed by atoms with Gasteiger partial charge in [-0.15, -0.1) is 0 Å². The normalized spacial score (nSPS) is 41.5. The molecular formula is C26H30O5. The van der Waals surface area contributed by atoms with E-state index in [2.05, 4.69) is 6.92 Å². The molecule has 6 atom stereocenters. The summed E-state index contributed by atoms with van der Waals surface area (Å²) < 4.78 is 0. The summed E-state index contributed by atoms with van der Waals surface area (Å²) in [6, 6.07) is 6.86. The zero-order valence-corrected chi connectivity index (χ0v) is 18.0. The van der Waals surface area contributed by atoms with Crippen molar-refractivity contribution in [2.24, 2.45) is 28.6 Å². The molecule has 3 saturated carbocycles. The summed E-state index contributed by atoms with van der Waals surface area (Å²) >= 11 is 0. The maximum absolute atomic E-state index is 12.5. The first-order chi connectivity index (χ1) is 14.8.